The Morgan fingerprint density at radius 2 is 1.90 bits per heavy atom. The SMILES string of the molecule is CNS(=O)(=O)CCNC(C)c1ccc(NC(N)=O)cc1. The van der Waals surface area contributed by atoms with Crippen molar-refractivity contribution in [3.05, 3.63) is 29.8 Å². The second kappa shape index (κ2) is 7.22. The van der Waals surface area contributed by atoms with E-state index in [1.165, 1.54) is 7.05 Å². The zero-order chi connectivity index (χ0) is 15.2. The summed E-state index contributed by atoms with van der Waals surface area (Å²) in [5.41, 5.74) is 6.62. The van der Waals surface area contributed by atoms with Crippen LogP contribution < -0.4 is 21.1 Å². The molecule has 1 aromatic rings. The predicted octanol–water partition coefficient (Wildman–Crippen LogP) is 0.377. The number of anilines is 1. The van der Waals surface area contributed by atoms with E-state index in [0.717, 1.165) is 5.56 Å². The summed E-state index contributed by atoms with van der Waals surface area (Å²) < 4.78 is 24.8. The van der Waals surface area contributed by atoms with Crippen molar-refractivity contribution in [2.24, 2.45) is 5.73 Å². The normalized spacial score (nSPS) is 12.9. The lowest BCUT2D eigenvalue weighted by Crippen LogP contribution is -2.30. The van der Waals surface area contributed by atoms with Crippen molar-refractivity contribution in [2.75, 3.05) is 24.7 Å². The van der Waals surface area contributed by atoms with Crippen LogP contribution in [0, 0.1) is 0 Å². The molecule has 2 amide bonds. The maximum absolute atomic E-state index is 11.3. The molecule has 20 heavy (non-hydrogen) atoms. The number of hydrogen-bond acceptors (Lipinski definition) is 4. The van der Waals surface area contributed by atoms with Gasteiger partial charge < -0.3 is 16.4 Å². The van der Waals surface area contributed by atoms with E-state index in [2.05, 4.69) is 15.4 Å². The molecule has 1 rings (SSSR count). The highest BCUT2D eigenvalue weighted by atomic mass is 32.2. The molecule has 1 unspecified atom stereocenters. The highest BCUT2D eigenvalue weighted by Gasteiger charge is 2.09. The van der Waals surface area contributed by atoms with E-state index in [1.54, 1.807) is 12.1 Å². The third kappa shape index (κ3) is 5.55. The van der Waals surface area contributed by atoms with Crippen molar-refractivity contribution in [2.45, 2.75) is 13.0 Å². The van der Waals surface area contributed by atoms with Gasteiger partial charge in [0.1, 0.15) is 0 Å². The van der Waals surface area contributed by atoms with Crippen LogP contribution in [-0.4, -0.2) is 33.8 Å². The molecule has 0 aliphatic heterocycles. The van der Waals surface area contributed by atoms with Crippen LogP contribution in [-0.2, 0) is 10.0 Å². The van der Waals surface area contributed by atoms with Gasteiger partial charge in [0.2, 0.25) is 10.0 Å². The number of urea groups is 1. The monoisotopic (exact) mass is 300 g/mol. The van der Waals surface area contributed by atoms with Crippen molar-refractivity contribution < 1.29 is 13.2 Å². The van der Waals surface area contributed by atoms with Crippen molar-refractivity contribution >= 4 is 21.7 Å². The smallest absolute Gasteiger partial charge is 0.316 e. The standard InChI is InChI=1S/C12H20N4O3S/c1-9(15-7-8-20(18,19)14-2)10-3-5-11(6-4-10)16-12(13)17/h3-6,9,14-15H,7-8H2,1-2H3,(H3,13,16,17). The molecule has 0 aliphatic carbocycles. The van der Waals surface area contributed by atoms with Crippen LogP contribution >= 0.6 is 0 Å². The highest BCUT2D eigenvalue weighted by Crippen LogP contribution is 2.15. The van der Waals surface area contributed by atoms with Crippen molar-refractivity contribution in [1.29, 1.82) is 0 Å². The summed E-state index contributed by atoms with van der Waals surface area (Å²) in [6.45, 7) is 2.29. The second-order valence-corrected chi connectivity index (χ2v) is 6.36. The van der Waals surface area contributed by atoms with Gasteiger partial charge >= 0.3 is 6.03 Å². The summed E-state index contributed by atoms with van der Waals surface area (Å²) in [5, 5.41) is 5.59. The molecule has 1 aromatic carbocycles. The fourth-order valence-corrected chi connectivity index (χ4v) is 2.22. The van der Waals surface area contributed by atoms with Crippen LogP contribution in [0.5, 0.6) is 0 Å². The van der Waals surface area contributed by atoms with E-state index >= 15 is 0 Å². The van der Waals surface area contributed by atoms with Gasteiger partial charge in [-0.25, -0.2) is 17.9 Å². The van der Waals surface area contributed by atoms with Gasteiger partial charge in [-0.05, 0) is 31.7 Å². The molecule has 0 saturated heterocycles. The Kier molecular flexibility index (Phi) is 5.93. The quantitative estimate of drug-likeness (QED) is 0.583. The molecule has 7 nitrogen and oxygen atoms in total. The maximum atomic E-state index is 11.3. The van der Waals surface area contributed by atoms with E-state index < -0.39 is 16.1 Å². The van der Waals surface area contributed by atoms with E-state index in [4.69, 9.17) is 5.73 Å². The molecule has 0 heterocycles. The summed E-state index contributed by atoms with van der Waals surface area (Å²) >= 11 is 0. The Labute approximate surface area is 119 Å². The number of carbonyl (C=O) groups is 1. The number of benzene rings is 1. The minimum atomic E-state index is -3.19. The topological polar surface area (TPSA) is 113 Å². The fraction of sp³-hybridized carbons (Fsp3) is 0.417. The summed E-state index contributed by atoms with van der Waals surface area (Å²) in [6.07, 6.45) is 0. The Morgan fingerprint density at radius 3 is 2.40 bits per heavy atom. The number of rotatable bonds is 7. The van der Waals surface area contributed by atoms with Gasteiger partial charge in [-0.2, -0.15) is 0 Å². The summed E-state index contributed by atoms with van der Waals surface area (Å²) in [7, 11) is -1.80. The van der Waals surface area contributed by atoms with Crippen LogP contribution in [0.3, 0.4) is 0 Å². The van der Waals surface area contributed by atoms with Gasteiger partial charge in [-0.15, -0.1) is 0 Å². The van der Waals surface area contributed by atoms with Crippen molar-refractivity contribution in [1.82, 2.24) is 10.0 Å². The first-order valence-corrected chi connectivity index (χ1v) is 7.80. The molecule has 0 fully saturated rings. The van der Waals surface area contributed by atoms with Crippen molar-refractivity contribution in [3.63, 3.8) is 0 Å². The zero-order valence-electron chi connectivity index (χ0n) is 11.5. The number of nitrogens with one attached hydrogen (secondary N) is 3. The highest BCUT2D eigenvalue weighted by molar-refractivity contribution is 7.89. The van der Waals surface area contributed by atoms with Gasteiger partial charge in [0.25, 0.3) is 0 Å². The Bertz CT molecular complexity index is 542. The third-order valence-electron chi connectivity index (χ3n) is 2.81. The molecular weight excluding hydrogens is 280 g/mol. The van der Waals surface area contributed by atoms with E-state index in [0.29, 0.717) is 12.2 Å². The molecular formula is C12H20N4O3S. The Balaban J connectivity index is 2.51. The van der Waals surface area contributed by atoms with Gasteiger partial charge in [-0.3, -0.25) is 0 Å². The van der Waals surface area contributed by atoms with Gasteiger partial charge in [0.15, 0.2) is 0 Å². The molecule has 112 valence electrons. The lowest BCUT2D eigenvalue weighted by molar-refractivity contribution is 0.259. The summed E-state index contributed by atoms with van der Waals surface area (Å²) in [6, 6.07) is 6.56. The molecule has 0 spiro atoms. The number of amides is 2. The zero-order valence-corrected chi connectivity index (χ0v) is 12.3. The van der Waals surface area contributed by atoms with Gasteiger partial charge in [0.05, 0.1) is 5.75 Å². The first-order valence-electron chi connectivity index (χ1n) is 6.15. The van der Waals surface area contributed by atoms with Gasteiger partial charge in [0, 0.05) is 18.3 Å². The van der Waals surface area contributed by atoms with E-state index in [-0.39, 0.29) is 11.8 Å². The average molecular weight is 300 g/mol. The molecule has 1 atom stereocenters. The average Bonchev–Trinajstić information content (AvgIpc) is 2.38. The molecule has 8 heteroatoms. The summed E-state index contributed by atoms with van der Waals surface area (Å²) in [4.78, 5) is 10.7. The fourth-order valence-electron chi connectivity index (χ4n) is 1.63. The molecule has 0 radical (unpaired) electrons. The Hall–Kier alpha value is -1.64. The number of carbonyl (C=O) groups excluding carboxylic acids is 1. The van der Waals surface area contributed by atoms with Crippen LogP contribution in [0.4, 0.5) is 10.5 Å². The minimum Gasteiger partial charge on any atom is -0.351 e. The lowest BCUT2D eigenvalue weighted by Gasteiger charge is -2.14. The second-order valence-electron chi connectivity index (χ2n) is 4.31. The van der Waals surface area contributed by atoms with Crippen LogP contribution in [0.15, 0.2) is 24.3 Å². The first kappa shape index (κ1) is 16.4. The minimum absolute atomic E-state index is 0.00434. The number of primary amides is 1. The van der Waals surface area contributed by atoms with Gasteiger partial charge in [-0.1, -0.05) is 12.1 Å². The summed E-state index contributed by atoms with van der Waals surface area (Å²) in [5.74, 6) is 0.0230. The van der Waals surface area contributed by atoms with Crippen LogP contribution in [0.1, 0.15) is 18.5 Å². The molecule has 0 bridgehead atoms. The van der Waals surface area contributed by atoms with E-state index in [9.17, 15) is 13.2 Å². The van der Waals surface area contributed by atoms with Crippen LogP contribution in [0.25, 0.3) is 0 Å². The predicted molar refractivity (Wildman–Crippen MR) is 78.9 cm³/mol. The van der Waals surface area contributed by atoms with Crippen molar-refractivity contribution in [3.8, 4) is 0 Å². The molecule has 0 aromatic heterocycles. The largest absolute Gasteiger partial charge is 0.351 e. The maximum Gasteiger partial charge on any atom is 0.316 e. The number of nitrogens with two attached hydrogens (primary N) is 1. The molecule has 5 N–H and O–H groups in total. The van der Waals surface area contributed by atoms with E-state index in [1.807, 2.05) is 19.1 Å². The van der Waals surface area contributed by atoms with Crippen LogP contribution in [0.2, 0.25) is 0 Å². The first-order chi connectivity index (χ1) is 9.34. The lowest BCUT2D eigenvalue weighted by atomic mass is 10.1. The number of sulfonamides is 1. The molecule has 0 saturated carbocycles. The molecule has 0 aliphatic rings. The Morgan fingerprint density at radius 1 is 1.30 bits per heavy atom. The number of hydrogen-bond donors (Lipinski definition) is 4. The third-order valence-corrected chi connectivity index (χ3v) is 4.17.